The molecule has 2 aliphatic heterocycles. The molecule has 1 aromatic carbocycles. The highest BCUT2D eigenvalue weighted by Crippen LogP contribution is 2.37. The predicted molar refractivity (Wildman–Crippen MR) is 119 cm³/mol. The smallest absolute Gasteiger partial charge is 0.271 e. The lowest BCUT2D eigenvalue weighted by molar-refractivity contribution is 0.0718. The van der Waals surface area contributed by atoms with Crippen LogP contribution in [0.15, 0.2) is 27.9 Å². The van der Waals surface area contributed by atoms with Crippen molar-refractivity contribution in [1.29, 1.82) is 0 Å². The van der Waals surface area contributed by atoms with Gasteiger partial charge >= 0.3 is 0 Å². The fourth-order valence-electron chi connectivity index (χ4n) is 4.02. The highest BCUT2D eigenvalue weighted by Gasteiger charge is 2.25. The normalized spacial score (nSPS) is 15.5. The third-order valence-corrected chi connectivity index (χ3v) is 6.39. The van der Waals surface area contributed by atoms with Crippen molar-refractivity contribution in [2.24, 2.45) is 4.99 Å². The number of carbonyl (C=O) groups excluding carboxylic acids is 1. The minimum atomic E-state index is -0.0168. The number of aliphatic imine (C=N–C) groups is 1. The topological polar surface area (TPSA) is 95.5 Å². The third-order valence-electron chi connectivity index (χ3n) is 5.59. The summed E-state index contributed by atoms with van der Waals surface area (Å²) in [5.74, 6) is 1.29. The Morgan fingerprint density at radius 1 is 1.23 bits per heavy atom. The second-order valence-corrected chi connectivity index (χ2v) is 8.25. The van der Waals surface area contributed by atoms with Gasteiger partial charge in [-0.05, 0) is 58.5 Å². The number of amides is 1. The van der Waals surface area contributed by atoms with Crippen molar-refractivity contribution in [3.63, 3.8) is 0 Å². The van der Waals surface area contributed by atoms with Crippen LogP contribution in [0.25, 0.3) is 11.0 Å². The predicted octanol–water partition coefficient (Wildman–Crippen LogP) is 4.03. The quantitative estimate of drug-likeness (QED) is 0.602. The first-order valence-corrected chi connectivity index (χ1v) is 10.7. The lowest BCUT2D eigenvalue weighted by Gasteiger charge is -2.26. The van der Waals surface area contributed by atoms with E-state index in [0.29, 0.717) is 33.9 Å². The molecule has 0 unspecified atom stereocenters. The van der Waals surface area contributed by atoms with Crippen LogP contribution in [0.4, 0.5) is 11.5 Å². The molecule has 0 atom stereocenters. The van der Waals surface area contributed by atoms with Gasteiger partial charge in [0.15, 0.2) is 0 Å². The van der Waals surface area contributed by atoms with Crippen LogP contribution >= 0.6 is 15.9 Å². The average molecular weight is 469 g/mol. The van der Waals surface area contributed by atoms with Gasteiger partial charge in [-0.25, -0.2) is 9.97 Å². The minimum Gasteiger partial charge on any atom is -0.495 e. The van der Waals surface area contributed by atoms with Crippen molar-refractivity contribution in [2.45, 2.75) is 25.8 Å². The number of nitrogens with one attached hydrogen (secondary N) is 2. The number of H-pyrrole nitrogens is 1. The molecule has 30 heavy (non-hydrogen) atoms. The van der Waals surface area contributed by atoms with Gasteiger partial charge in [-0.1, -0.05) is 0 Å². The maximum atomic E-state index is 13.0. The van der Waals surface area contributed by atoms with Gasteiger partial charge in [0.1, 0.15) is 29.2 Å². The standard InChI is InChI=1S/C21H21BrN6O2/c1-30-15-8-13-10-23-9-12(13)7-14(15)26-19-16-17(22)18(27-20(16)25-11-24-19)21(29)28-5-3-2-4-6-28/h7-9,11H,2-6,10H2,1H3,(H2,24,25,26,27). The van der Waals surface area contributed by atoms with Gasteiger partial charge < -0.3 is 19.9 Å². The Hall–Kier alpha value is -2.94. The number of rotatable bonds is 4. The number of carbonyl (C=O) groups is 1. The van der Waals surface area contributed by atoms with Gasteiger partial charge in [-0.2, -0.15) is 0 Å². The molecule has 1 amide bonds. The number of hydrogen-bond acceptors (Lipinski definition) is 6. The summed E-state index contributed by atoms with van der Waals surface area (Å²) in [6, 6.07) is 3.99. The molecule has 1 fully saturated rings. The van der Waals surface area contributed by atoms with E-state index in [2.05, 4.69) is 41.2 Å². The monoisotopic (exact) mass is 468 g/mol. The Kier molecular flexibility index (Phi) is 4.90. The Morgan fingerprint density at radius 3 is 2.87 bits per heavy atom. The number of benzene rings is 1. The summed E-state index contributed by atoms with van der Waals surface area (Å²) in [5.41, 5.74) is 4.06. The lowest BCUT2D eigenvalue weighted by atomic mass is 10.1. The Bertz CT molecular complexity index is 1170. The number of anilines is 2. The maximum Gasteiger partial charge on any atom is 0.271 e. The summed E-state index contributed by atoms with van der Waals surface area (Å²) >= 11 is 3.62. The van der Waals surface area contributed by atoms with E-state index >= 15 is 0 Å². The Labute approximate surface area is 181 Å². The first-order chi connectivity index (χ1) is 14.7. The number of likely N-dealkylation sites (tertiary alicyclic amines) is 1. The summed E-state index contributed by atoms with van der Waals surface area (Å²) in [6.45, 7) is 2.23. The first kappa shape index (κ1) is 19.0. The number of methoxy groups -OCH3 is 1. The number of fused-ring (bicyclic) bond motifs is 2. The molecule has 2 aliphatic rings. The van der Waals surface area contributed by atoms with Crippen molar-refractivity contribution < 1.29 is 9.53 Å². The van der Waals surface area contributed by atoms with Crippen LogP contribution in [-0.4, -0.2) is 52.2 Å². The summed E-state index contributed by atoms with van der Waals surface area (Å²) in [5, 5.41) is 4.09. The van der Waals surface area contributed by atoms with E-state index in [4.69, 9.17) is 4.74 Å². The minimum absolute atomic E-state index is 0.0168. The lowest BCUT2D eigenvalue weighted by Crippen LogP contribution is -2.35. The number of aromatic amines is 1. The van der Waals surface area contributed by atoms with Crippen molar-refractivity contribution in [3.05, 3.63) is 39.8 Å². The number of piperidine rings is 1. The van der Waals surface area contributed by atoms with Crippen LogP contribution in [0.2, 0.25) is 0 Å². The number of ether oxygens (including phenoxy) is 1. The van der Waals surface area contributed by atoms with Crippen molar-refractivity contribution in [3.8, 4) is 5.75 Å². The van der Waals surface area contributed by atoms with Crippen LogP contribution in [0.5, 0.6) is 5.75 Å². The van der Waals surface area contributed by atoms with Gasteiger partial charge in [0.2, 0.25) is 0 Å². The molecule has 154 valence electrons. The van der Waals surface area contributed by atoms with E-state index in [1.165, 1.54) is 12.7 Å². The fraction of sp³-hybridized carbons (Fsp3) is 0.333. The van der Waals surface area contributed by atoms with Crippen molar-refractivity contribution in [2.75, 3.05) is 25.5 Å². The molecule has 9 heteroatoms. The van der Waals surface area contributed by atoms with Crippen LogP contribution in [0, 0.1) is 0 Å². The number of hydrogen-bond donors (Lipinski definition) is 2. The molecule has 8 nitrogen and oxygen atoms in total. The van der Waals surface area contributed by atoms with Gasteiger partial charge in [-0.15, -0.1) is 0 Å². The molecule has 2 aromatic heterocycles. The second kappa shape index (κ2) is 7.71. The zero-order chi connectivity index (χ0) is 20.7. The molecule has 0 bridgehead atoms. The molecular formula is C21H21BrN6O2. The second-order valence-electron chi connectivity index (χ2n) is 7.46. The zero-order valence-corrected chi connectivity index (χ0v) is 18.1. The van der Waals surface area contributed by atoms with E-state index in [1.807, 2.05) is 23.2 Å². The highest BCUT2D eigenvalue weighted by molar-refractivity contribution is 9.10. The number of halogens is 1. The SMILES string of the molecule is COc1cc2c(cc1Nc1ncnc3[nH]c(C(=O)N4CCCCC4)c(Br)c13)C=NC2. The summed E-state index contributed by atoms with van der Waals surface area (Å²) in [6.07, 6.45) is 6.58. The van der Waals surface area contributed by atoms with Crippen LogP contribution in [0.1, 0.15) is 40.9 Å². The molecule has 5 rings (SSSR count). The van der Waals surface area contributed by atoms with Crippen LogP contribution < -0.4 is 10.1 Å². The van der Waals surface area contributed by atoms with Gasteiger partial charge in [0.05, 0.1) is 29.2 Å². The van der Waals surface area contributed by atoms with E-state index in [1.54, 1.807) is 7.11 Å². The Morgan fingerprint density at radius 2 is 2.07 bits per heavy atom. The zero-order valence-electron chi connectivity index (χ0n) is 16.5. The molecule has 0 saturated carbocycles. The molecule has 3 aromatic rings. The fourth-order valence-corrected chi connectivity index (χ4v) is 4.66. The van der Waals surface area contributed by atoms with E-state index in [9.17, 15) is 4.79 Å². The van der Waals surface area contributed by atoms with Crippen molar-refractivity contribution >= 4 is 50.6 Å². The molecular weight excluding hydrogens is 448 g/mol. The molecule has 1 saturated heterocycles. The summed E-state index contributed by atoms with van der Waals surface area (Å²) in [7, 11) is 1.64. The van der Waals surface area contributed by atoms with Crippen molar-refractivity contribution in [1.82, 2.24) is 19.9 Å². The summed E-state index contributed by atoms with van der Waals surface area (Å²) < 4.78 is 6.23. The molecule has 0 radical (unpaired) electrons. The van der Waals surface area contributed by atoms with Gasteiger partial charge in [0, 0.05) is 19.3 Å². The molecule has 0 aliphatic carbocycles. The Balaban J connectivity index is 1.54. The number of aromatic nitrogens is 3. The molecule has 2 N–H and O–H groups in total. The molecule has 4 heterocycles. The first-order valence-electron chi connectivity index (χ1n) is 9.95. The summed E-state index contributed by atoms with van der Waals surface area (Å²) in [4.78, 5) is 31.2. The van der Waals surface area contributed by atoms with Crippen LogP contribution in [0.3, 0.4) is 0 Å². The average Bonchev–Trinajstić information content (AvgIpc) is 3.37. The van der Waals surface area contributed by atoms with E-state index in [0.717, 1.165) is 48.1 Å². The molecule has 0 spiro atoms. The van der Waals surface area contributed by atoms with Gasteiger partial charge in [0.25, 0.3) is 5.91 Å². The highest BCUT2D eigenvalue weighted by atomic mass is 79.9. The third kappa shape index (κ3) is 3.23. The largest absolute Gasteiger partial charge is 0.495 e. The van der Waals surface area contributed by atoms with E-state index < -0.39 is 0 Å². The van der Waals surface area contributed by atoms with Crippen LogP contribution in [-0.2, 0) is 6.54 Å². The number of nitrogens with zero attached hydrogens (tertiary/aromatic N) is 4. The van der Waals surface area contributed by atoms with E-state index in [-0.39, 0.29) is 5.91 Å². The van der Waals surface area contributed by atoms with Gasteiger partial charge in [-0.3, -0.25) is 9.79 Å². The maximum absolute atomic E-state index is 13.0.